The fourth-order valence-corrected chi connectivity index (χ4v) is 4.65. The van der Waals surface area contributed by atoms with Crippen LogP contribution < -0.4 is 10.6 Å². The van der Waals surface area contributed by atoms with Crippen molar-refractivity contribution in [2.24, 2.45) is 0 Å². The lowest BCUT2D eigenvalue weighted by Crippen LogP contribution is -2.42. The first-order valence-corrected chi connectivity index (χ1v) is 10.8. The smallest absolute Gasteiger partial charge is 0.272 e. The summed E-state index contributed by atoms with van der Waals surface area (Å²) >= 11 is 0. The minimum Gasteiger partial charge on any atom is -0.352 e. The maximum absolute atomic E-state index is 12.8. The standard InChI is InChI=1S/C22H30N4O2/c27-19(24-17-11-5-2-6-12-17)15-23-22(28)20-18-13-7-8-14-26(18)21(25-20)16-9-3-1-4-10-16/h7-8,13-14,16-17H,1-6,9-12,15H2,(H,23,28)(H,24,27). The van der Waals surface area contributed by atoms with Crippen LogP contribution in [-0.4, -0.2) is 33.8 Å². The van der Waals surface area contributed by atoms with Crippen molar-refractivity contribution < 1.29 is 9.59 Å². The molecule has 0 radical (unpaired) electrons. The van der Waals surface area contributed by atoms with Gasteiger partial charge in [-0.3, -0.25) is 9.59 Å². The number of amides is 2. The molecule has 6 nitrogen and oxygen atoms in total. The number of imidazole rings is 1. The van der Waals surface area contributed by atoms with Gasteiger partial charge in [0.15, 0.2) is 5.69 Å². The van der Waals surface area contributed by atoms with E-state index in [-0.39, 0.29) is 24.4 Å². The molecule has 0 aromatic carbocycles. The molecule has 150 valence electrons. The molecule has 0 aliphatic heterocycles. The summed E-state index contributed by atoms with van der Waals surface area (Å²) in [6.07, 6.45) is 13.6. The van der Waals surface area contributed by atoms with Crippen molar-refractivity contribution in [2.75, 3.05) is 6.54 Å². The second-order valence-electron chi connectivity index (χ2n) is 8.19. The Balaban J connectivity index is 1.44. The van der Waals surface area contributed by atoms with Crippen LogP contribution in [0.3, 0.4) is 0 Å². The number of aromatic nitrogens is 2. The highest BCUT2D eigenvalue weighted by atomic mass is 16.2. The Kier molecular flexibility index (Phi) is 5.93. The maximum Gasteiger partial charge on any atom is 0.272 e. The largest absolute Gasteiger partial charge is 0.352 e. The zero-order chi connectivity index (χ0) is 19.3. The highest BCUT2D eigenvalue weighted by molar-refractivity contribution is 6.00. The van der Waals surface area contributed by atoms with Crippen molar-refractivity contribution in [3.8, 4) is 0 Å². The van der Waals surface area contributed by atoms with Crippen molar-refractivity contribution in [3.05, 3.63) is 35.9 Å². The Morgan fingerprint density at radius 2 is 1.71 bits per heavy atom. The van der Waals surface area contributed by atoms with Gasteiger partial charge in [-0.1, -0.05) is 44.6 Å². The molecule has 2 aromatic heterocycles. The second-order valence-corrected chi connectivity index (χ2v) is 8.19. The molecule has 0 unspecified atom stereocenters. The molecule has 2 N–H and O–H groups in total. The van der Waals surface area contributed by atoms with E-state index in [1.807, 2.05) is 28.8 Å². The molecule has 0 bridgehead atoms. The van der Waals surface area contributed by atoms with Gasteiger partial charge in [-0.05, 0) is 37.8 Å². The van der Waals surface area contributed by atoms with Gasteiger partial charge >= 0.3 is 0 Å². The number of rotatable bonds is 5. The minimum absolute atomic E-state index is 0.0000508. The number of carbonyl (C=O) groups is 2. The summed E-state index contributed by atoms with van der Waals surface area (Å²) in [5.74, 6) is 0.993. The minimum atomic E-state index is -0.274. The van der Waals surface area contributed by atoms with E-state index in [0.717, 1.165) is 37.0 Å². The molecule has 0 saturated heterocycles. The molecule has 2 saturated carbocycles. The van der Waals surface area contributed by atoms with Crippen molar-refractivity contribution in [3.63, 3.8) is 0 Å². The van der Waals surface area contributed by atoms with Crippen molar-refractivity contribution in [1.82, 2.24) is 20.0 Å². The van der Waals surface area contributed by atoms with E-state index >= 15 is 0 Å². The predicted octanol–water partition coefficient (Wildman–Crippen LogP) is 3.56. The van der Waals surface area contributed by atoms with E-state index in [1.54, 1.807) is 0 Å². The van der Waals surface area contributed by atoms with Crippen molar-refractivity contribution in [2.45, 2.75) is 76.2 Å². The number of nitrogens with zero attached hydrogens (tertiary/aromatic N) is 2. The third kappa shape index (κ3) is 4.21. The normalized spacial score (nSPS) is 18.9. The van der Waals surface area contributed by atoms with E-state index in [4.69, 9.17) is 4.98 Å². The first-order chi connectivity index (χ1) is 13.7. The first kappa shape index (κ1) is 19.0. The van der Waals surface area contributed by atoms with E-state index in [2.05, 4.69) is 10.6 Å². The SMILES string of the molecule is O=C(CNC(=O)c1nc(C2CCCCC2)n2ccccc12)NC1CCCCC1. The van der Waals surface area contributed by atoms with Crippen LogP contribution in [0.25, 0.3) is 5.52 Å². The third-order valence-electron chi connectivity index (χ3n) is 6.14. The Morgan fingerprint density at radius 3 is 2.46 bits per heavy atom. The molecule has 4 rings (SSSR count). The van der Waals surface area contributed by atoms with Gasteiger partial charge in [-0.15, -0.1) is 0 Å². The van der Waals surface area contributed by atoms with Crippen LogP contribution >= 0.6 is 0 Å². The van der Waals surface area contributed by atoms with Crippen LogP contribution in [0.1, 0.15) is 86.4 Å². The fraction of sp³-hybridized carbons (Fsp3) is 0.591. The summed E-state index contributed by atoms with van der Waals surface area (Å²) in [4.78, 5) is 29.7. The first-order valence-electron chi connectivity index (χ1n) is 10.8. The summed E-state index contributed by atoms with van der Waals surface area (Å²) in [6, 6.07) is 6.08. The summed E-state index contributed by atoms with van der Waals surface area (Å²) in [5.41, 5.74) is 1.24. The van der Waals surface area contributed by atoms with Crippen molar-refractivity contribution in [1.29, 1.82) is 0 Å². The van der Waals surface area contributed by atoms with Gasteiger partial charge in [0, 0.05) is 18.2 Å². The van der Waals surface area contributed by atoms with E-state index < -0.39 is 0 Å². The van der Waals surface area contributed by atoms with Crippen LogP contribution in [0.4, 0.5) is 0 Å². The van der Waals surface area contributed by atoms with Gasteiger partial charge in [0.25, 0.3) is 5.91 Å². The molecule has 0 atom stereocenters. The van der Waals surface area contributed by atoms with Gasteiger partial charge < -0.3 is 15.0 Å². The molecule has 2 aliphatic rings. The second kappa shape index (κ2) is 8.76. The summed E-state index contributed by atoms with van der Waals surface area (Å²) < 4.78 is 2.05. The third-order valence-corrected chi connectivity index (χ3v) is 6.14. The number of hydrogen-bond acceptors (Lipinski definition) is 3. The maximum atomic E-state index is 12.8. The lowest BCUT2D eigenvalue weighted by molar-refractivity contribution is -0.121. The Morgan fingerprint density at radius 1 is 1.00 bits per heavy atom. The highest BCUT2D eigenvalue weighted by Crippen LogP contribution is 2.33. The van der Waals surface area contributed by atoms with Gasteiger partial charge in [0.05, 0.1) is 12.1 Å². The molecule has 2 amide bonds. The molecular formula is C22H30N4O2. The number of fused-ring (bicyclic) bond motifs is 1. The lowest BCUT2D eigenvalue weighted by atomic mass is 9.89. The zero-order valence-corrected chi connectivity index (χ0v) is 16.5. The molecule has 0 spiro atoms. The zero-order valence-electron chi connectivity index (χ0n) is 16.5. The van der Waals surface area contributed by atoms with Crippen LogP contribution in [-0.2, 0) is 4.79 Å². The molecule has 6 heteroatoms. The Hall–Kier alpha value is -2.37. The number of carbonyl (C=O) groups excluding carboxylic acids is 2. The molecule has 2 heterocycles. The fourth-order valence-electron chi connectivity index (χ4n) is 4.65. The summed E-state index contributed by atoms with van der Waals surface area (Å²) in [5, 5.41) is 5.81. The van der Waals surface area contributed by atoms with E-state index in [0.29, 0.717) is 11.6 Å². The average Bonchev–Trinajstić information content (AvgIpc) is 3.13. The van der Waals surface area contributed by atoms with Gasteiger partial charge in [0.2, 0.25) is 5.91 Å². The van der Waals surface area contributed by atoms with Gasteiger partial charge in [0.1, 0.15) is 5.82 Å². The van der Waals surface area contributed by atoms with Crippen molar-refractivity contribution >= 4 is 17.3 Å². The quantitative estimate of drug-likeness (QED) is 0.830. The molecule has 2 aromatic rings. The van der Waals surface area contributed by atoms with Crippen LogP contribution in [0.5, 0.6) is 0 Å². The Labute approximate surface area is 166 Å². The van der Waals surface area contributed by atoms with E-state index in [9.17, 15) is 9.59 Å². The molecular weight excluding hydrogens is 352 g/mol. The Bertz CT molecular complexity index is 832. The predicted molar refractivity (Wildman–Crippen MR) is 108 cm³/mol. The number of pyridine rings is 1. The summed E-state index contributed by atoms with van der Waals surface area (Å²) in [7, 11) is 0. The molecule has 2 fully saturated rings. The lowest BCUT2D eigenvalue weighted by Gasteiger charge is -2.22. The van der Waals surface area contributed by atoms with Crippen LogP contribution in [0.15, 0.2) is 24.4 Å². The summed E-state index contributed by atoms with van der Waals surface area (Å²) in [6.45, 7) is -0.0000508. The highest BCUT2D eigenvalue weighted by Gasteiger charge is 2.24. The average molecular weight is 383 g/mol. The van der Waals surface area contributed by atoms with E-state index in [1.165, 1.54) is 38.5 Å². The number of hydrogen-bond donors (Lipinski definition) is 2. The van der Waals surface area contributed by atoms with Crippen LogP contribution in [0, 0.1) is 0 Å². The monoisotopic (exact) mass is 382 g/mol. The van der Waals surface area contributed by atoms with Gasteiger partial charge in [-0.2, -0.15) is 0 Å². The van der Waals surface area contributed by atoms with Crippen LogP contribution in [0.2, 0.25) is 0 Å². The van der Waals surface area contributed by atoms with Gasteiger partial charge in [-0.25, -0.2) is 4.98 Å². The molecule has 2 aliphatic carbocycles. The number of nitrogens with one attached hydrogen (secondary N) is 2. The topological polar surface area (TPSA) is 75.5 Å². The molecule has 28 heavy (non-hydrogen) atoms.